The molecule has 0 aliphatic rings. The van der Waals surface area contributed by atoms with Crippen molar-refractivity contribution >= 4 is 21.9 Å². The Hall–Kier alpha value is -0.910. The summed E-state index contributed by atoms with van der Waals surface area (Å²) in [7, 11) is 0. The molecule has 1 rings (SSSR count). The number of aliphatic hydroxyl groups is 1. The first kappa shape index (κ1) is 11.2. The SMILES string of the molecule is N[C@H](C(=O)O)[C@H](O)c1ccccc1Br. The van der Waals surface area contributed by atoms with Gasteiger partial charge in [-0.2, -0.15) is 0 Å². The molecule has 0 fully saturated rings. The van der Waals surface area contributed by atoms with E-state index in [0.717, 1.165) is 0 Å². The third-order valence-electron chi connectivity index (χ3n) is 1.85. The van der Waals surface area contributed by atoms with Crippen LogP contribution in [0.1, 0.15) is 11.7 Å². The molecule has 4 N–H and O–H groups in total. The van der Waals surface area contributed by atoms with Gasteiger partial charge in [0.2, 0.25) is 0 Å². The fraction of sp³-hybridized carbons (Fsp3) is 0.222. The van der Waals surface area contributed by atoms with Gasteiger partial charge in [-0.05, 0) is 11.6 Å². The second-order valence-corrected chi connectivity index (χ2v) is 3.68. The number of carboxylic acid groups (broad SMARTS) is 1. The standard InChI is InChI=1S/C9H10BrNO3/c10-6-4-2-1-3-5(6)8(12)7(11)9(13)14/h1-4,7-8,12H,11H2,(H,13,14)/t7-,8+/m0/s1. The minimum absolute atomic E-state index is 0.474. The van der Waals surface area contributed by atoms with E-state index in [0.29, 0.717) is 10.0 Å². The lowest BCUT2D eigenvalue weighted by Gasteiger charge is -2.16. The molecule has 1 aromatic carbocycles. The number of carboxylic acids is 1. The number of hydrogen-bond acceptors (Lipinski definition) is 3. The fourth-order valence-corrected chi connectivity index (χ4v) is 1.56. The maximum atomic E-state index is 10.5. The predicted octanol–water partition coefficient (Wildman–Crippen LogP) is 0.894. The molecule has 0 aromatic heterocycles. The molecule has 4 nitrogen and oxygen atoms in total. The van der Waals surface area contributed by atoms with Crippen molar-refractivity contribution < 1.29 is 15.0 Å². The van der Waals surface area contributed by atoms with Gasteiger partial charge in [-0.15, -0.1) is 0 Å². The molecule has 14 heavy (non-hydrogen) atoms. The van der Waals surface area contributed by atoms with Crippen molar-refractivity contribution in [1.29, 1.82) is 0 Å². The van der Waals surface area contributed by atoms with Crippen molar-refractivity contribution in [2.24, 2.45) is 5.73 Å². The molecule has 0 aliphatic heterocycles. The van der Waals surface area contributed by atoms with E-state index in [2.05, 4.69) is 15.9 Å². The zero-order valence-corrected chi connectivity index (χ0v) is 8.81. The first-order valence-electron chi connectivity index (χ1n) is 3.95. The van der Waals surface area contributed by atoms with Crippen LogP contribution < -0.4 is 5.73 Å². The number of nitrogens with two attached hydrogens (primary N) is 1. The highest BCUT2D eigenvalue weighted by atomic mass is 79.9. The maximum Gasteiger partial charge on any atom is 0.323 e. The maximum absolute atomic E-state index is 10.5. The van der Waals surface area contributed by atoms with Gasteiger partial charge < -0.3 is 15.9 Å². The van der Waals surface area contributed by atoms with Crippen LogP contribution in [0.2, 0.25) is 0 Å². The monoisotopic (exact) mass is 259 g/mol. The van der Waals surface area contributed by atoms with Gasteiger partial charge in [0.25, 0.3) is 0 Å². The van der Waals surface area contributed by atoms with E-state index in [-0.39, 0.29) is 0 Å². The minimum atomic E-state index is -1.31. The van der Waals surface area contributed by atoms with Crippen LogP contribution in [-0.4, -0.2) is 22.2 Å². The zero-order chi connectivity index (χ0) is 10.7. The van der Waals surface area contributed by atoms with Crippen LogP contribution in [0.3, 0.4) is 0 Å². The van der Waals surface area contributed by atoms with Crippen LogP contribution in [0.15, 0.2) is 28.7 Å². The van der Waals surface area contributed by atoms with E-state index in [9.17, 15) is 9.90 Å². The highest BCUT2D eigenvalue weighted by molar-refractivity contribution is 9.10. The highest BCUT2D eigenvalue weighted by Crippen LogP contribution is 2.24. The summed E-state index contributed by atoms with van der Waals surface area (Å²) in [6.45, 7) is 0. The van der Waals surface area contributed by atoms with Crippen LogP contribution >= 0.6 is 15.9 Å². The lowest BCUT2D eigenvalue weighted by Crippen LogP contribution is -2.36. The molecule has 0 spiro atoms. The molecule has 0 radical (unpaired) electrons. The molecule has 76 valence electrons. The van der Waals surface area contributed by atoms with Crippen LogP contribution in [0, 0.1) is 0 Å². The minimum Gasteiger partial charge on any atom is -0.480 e. The number of benzene rings is 1. The first-order chi connectivity index (χ1) is 6.54. The Labute approximate surface area is 89.5 Å². The van der Waals surface area contributed by atoms with Gasteiger partial charge in [-0.25, -0.2) is 0 Å². The largest absolute Gasteiger partial charge is 0.480 e. The molecule has 2 atom stereocenters. The molecular weight excluding hydrogens is 250 g/mol. The third-order valence-corrected chi connectivity index (χ3v) is 2.57. The number of hydrogen-bond donors (Lipinski definition) is 3. The smallest absolute Gasteiger partial charge is 0.323 e. The summed E-state index contributed by atoms with van der Waals surface area (Å²) >= 11 is 3.21. The average molecular weight is 260 g/mol. The Morgan fingerprint density at radius 3 is 2.50 bits per heavy atom. The summed E-state index contributed by atoms with van der Waals surface area (Å²) in [6, 6.07) is 5.50. The molecule has 0 aliphatic carbocycles. The summed E-state index contributed by atoms with van der Waals surface area (Å²) in [4.78, 5) is 10.5. The van der Waals surface area contributed by atoms with E-state index in [4.69, 9.17) is 10.8 Å². The summed E-state index contributed by atoms with van der Waals surface area (Å²) in [6.07, 6.45) is -1.21. The van der Waals surface area contributed by atoms with Gasteiger partial charge in [-0.3, -0.25) is 4.79 Å². The molecule has 0 amide bonds. The molecule has 5 heteroatoms. The van der Waals surface area contributed by atoms with E-state index in [1.807, 2.05) is 0 Å². The van der Waals surface area contributed by atoms with Crippen LogP contribution in [0.4, 0.5) is 0 Å². The Bertz CT molecular complexity index is 343. The Morgan fingerprint density at radius 1 is 1.43 bits per heavy atom. The zero-order valence-electron chi connectivity index (χ0n) is 7.22. The van der Waals surface area contributed by atoms with E-state index in [1.54, 1.807) is 24.3 Å². The number of aliphatic hydroxyl groups excluding tert-OH is 1. The van der Waals surface area contributed by atoms with Crippen molar-refractivity contribution in [2.75, 3.05) is 0 Å². The van der Waals surface area contributed by atoms with Crippen molar-refractivity contribution in [1.82, 2.24) is 0 Å². The molecule has 1 aromatic rings. The van der Waals surface area contributed by atoms with Gasteiger partial charge >= 0.3 is 5.97 Å². The molecule has 0 bridgehead atoms. The van der Waals surface area contributed by atoms with Gasteiger partial charge in [0.1, 0.15) is 12.1 Å². The molecule has 0 unspecified atom stereocenters. The number of aliphatic carboxylic acids is 1. The third kappa shape index (κ3) is 2.31. The van der Waals surface area contributed by atoms with Crippen LogP contribution in [-0.2, 0) is 4.79 Å². The van der Waals surface area contributed by atoms with Crippen molar-refractivity contribution in [3.05, 3.63) is 34.3 Å². The lowest BCUT2D eigenvalue weighted by molar-refractivity contribution is -0.141. The second kappa shape index (κ2) is 4.54. The van der Waals surface area contributed by atoms with Crippen LogP contribution in [0.5, 0.6) is 0 Å². The number of halogens is 1. The molecule has 0 saturated heterocycles. The molecule has 0 saturated carbocycles. The highest BCUT2D eigenvalue weighted by Gasteiger charge is 2.24. The Morgan fingerprint density at radius 2 is 2.00 bits per heavy atom. The molecular formula is C9H10BrNO3. The molecule has 0 heterocycles. The topological polar surface area (TPSA) is 83.6 Å². The quantitative estimate of drug-likeness (QED) is 0.753. The van der Waals surface area contributed by atoms with Crippen molar-refractivity contribution in [2.45, 2.75) is 12.1 Å². The fourth-order valence-electron chi connectivity index (χ4n) is 1.04. The summed E-state index contributed by atoms with van der Waals surface area (Å²) in [5, 5.41) is 18.2. The predicted molar refractivity (Wildman–Crippen MR) is 54.7 cm³/mol. The summed E-state index contributed by atoms with van der Waals surface area (Å²) in [5.74, 6) is -1.23. The van der Waals surface area contributed by atoms with Crippen molar-refractivity contribution in [3.8, 4) is 0 Å². The normalized spacial score (nSPS) is 14.8. The second-order valence-electron chi connectivity index (χ2n) is 2.83. The number of carbonyl (C=O) groups is 1. The van der Waals surface area contributed by atoms with E-state index >= 15 is 0 Å². The van der Waals surface area contributed by atoms with Crippen molar-refractivity contribution in [3.63, 3.8) is 0 Å². The summed E-state index contributed by atoms with van der Waals surface area (Å²) < 4.78 is 0.643. The Kier molecular flexibility index (Phi) is 3.62. The Balaban J connectivity index is 2.94. The summed E-state index contributed by atoms with van der Waals surface area (Å²) in [5.41, 5.74) is 5.76. The van der Waals surface area contributed by atoms with Gasteiger partial charge in [-0.1, -0.05) is 34.1 Å². The van der Waals surface area contributed by atoms with Gasteiger partial charge in [0.05, 0.1) is 0 Å². The number of rotatable bonds is 3. The van der Waals surface area contributed by atoms with Crippen LogP contribution in [0.25, 0.3) is 0 Å². The van der Waals surface area contributed by atoms with Gasteiger partial charge in [0, 0.05) is 4.47 Å². The van der Waals surface area contributed by atoms with E-state index in [1.165, 1.54) is 0 Å². The van der Waals surface area contributed by atoms with Gasteiger partial charge in [0.15, 0.2) is 0 Å². The lowest BCUT2D eigenvalue weighted by atomic mass is 10.0. The van der Waals surface area contributed by atoms with E-state index < -0.39 is 18.1 Å². The first-order valence-corrected chi connectivity index (χ1v) is 4.74. The average Bonchev–Trinajstić information content (AvgIpc) is 2.16.